The van der Waals surface area contributed by atoms with E-state index in [1.165, 1.54) is 23.6 Å². The molecule has 0 unspecified atom stereocenters. The molecule has 0 radical (unpaired) electrons. The predicted molar refractivity (Wildman–Crippen MR) is 164 cm³/mol. The standard InChI is InChI=1S/C31H34FN5O5S/c1-34-15-17-36(18-16-34)25-19-26(35(2)43(3,40)41)30-33-28(27(38)14-11-22-9-12-24(32)13-10-22)29(31(39)37(30)20-25)42-21-23-7-5-4-6-8-23/h4-10,12-13,19-20H,11,14-18,21H2,1-3H3. The van der Waals surface area contributed by atoms with Crippen molar-refractivity contribution in [3.63, 3.8) is 0 Å². The van der Waals surface area contributed by atoms with Crippen LogP contribution in [-0.2, 0) is 23.1 Å². The van der Waals surface area contributed by atoms with Gasteiger partial charge in [0.2, 0.25) is 15.8 Å². The van der Waals surface area contributed by atoms with Gasteiger partial charge in [0, 0.05) is 45.8 Å². The minimum absolute atomic E-state index is 0.0213. The number of ketones is 1. The Bertz CT molecular complexity index is 1790. The number of benzene rings is 2. The first-order chi connectivity index (χ1) is 20.5. The normalized spacial score (nSPS) is 14.2. The van der Waals surface area contributed by atoms with E-state index in [2.05, 4.69) is 14.8 Å². The molecule has 4 aromatic rings. The molecule has 1 aliphatic heterocycles. The van der Waals surface area contributed by atoms with E-state index < -0.39 is 21.4 Å². The van der Waals surface area contributed by atoms with Crippen molar-refractivity contribution in [1.29, 1.82) is 0 Å². The van der Waals surface area contributed by atoms with Crippen molar-refractivity contribution in [3.8, 4) is 5.75 Å². The van der Waals surface area contributed by atoms with Gasteiger partial charge in [-0.15, -0.1) is 0 Å². The molecular formula is C31H34FN5O5S. The Morgan fingerprint density at radius 1 is 1.02 bits per heavy atom. The number of piperazine rings is 1. The number of carbonyl (C=O) groups is 1. The van der Waals surface area contributed by atoms with E-state index in [1.807, 2.05) is 37.4 Å². The van der Waals surface area contributed by atoms with Gasteiger partial charge in [0.05, 0.1) is 17.6 Å². The maximum Gasteiger partial charge on any atom is 0.301 e. The number of fused-ring (bicyclic) bond motifs is 1. The Hall–Kier alpha value is -4.29. The topological polar surface area (TPSA) is 105 Å². The summed E-state index contributed by atoms with van der Waals surface area (Å²) in [4.78, 5) is 36.6. The molecule has 0 bridgehead atoms. The molecule has 1 saturated heterocycles. The molecule has 226 valence electrons. The van der Waals surface area contributed by atoms with Crippen molar-refractivity contribution in [1.82, 2.24) is 14.3 Å². The second kappa shape index (κ2) is 12.5. The number of sulfonamides is 1. The summed E-state index contributed by atoms with van der Waals surface area (Å²) in [7, 11) is -0.334. The number of ether oxygens (including phenoxy) is 1. The number of hydrogen-bond donors (Lipinski definition) is 0. The van der Waals surface area contributed by atoms with Gasteiger partial charge >= 0.3 is 5.56 Å². The number of pyridine rings is 1. The summed E-state index contributed by atoms with van der Waals surface area (Å²) in [6.07, 6.45) is 2.96. The van der Waals surface area contributed by atoms with Crippen LogP contribution in [0.25, 0.3) is 5.65 Å². The van der Waals surface area contributed by atoms with Gasteiger partial charge in [-0.3, -0.25) is 18.3 Å². The second-order valence-electron chi connectivity index (χ2n) is 10.7. The smallest absolute Gasteiger partial charge is 0.301 e. The zero-order chi connectivity index (χ0) is 30.7. The van der Waals surface area contributed by atoms with E-state index >= 15 is 0 Å². The minimum atomic E-state index is -3.75. The van der Waals surface area contributed by atoms with Crippen LogP contribution in [0.15, 0.2) is 71.7 Å². The molecule has 0 spiro atoms. The summed E-state index contributed by atoms with van der Waals surface area (Å²) in [5, 5.41) is 0. The second-order valence-corrected chi connectivity index (χ2v) is 12.7. The highest BCUT2D eigenvalue weighted by Crippen LogP contribution is 2.30. The van der Waals surface area contributed by atoms with Gasteiger partial charge in [-0.25, -0.2) is 17.8 Å². The third-order valence-corrected chi connectivity index (χ3v) is 8.79. The van der Waals surface area contributed by atoms with Crippen LogP contribution in [0, 0.1) is 5.82 Å². The average molecular weight is 608 g/mol. The summed E-state index contributed by atoms with van der Waals surface area (Å²) in [6.45, 7) is 2.99. The molecule has 43 heavy (non-hydrogen) atoms. The van der Waals surface area contributed by atoms with Crippen LogP contribution in [0.2, 0.25) is 0 Å². The van der Waals surface area contributed by atoms with Crippen molar-refractivity contribution in [2.45, 2.75) is 19.4 Å². The first kappa shape index (κ1) is 30.2. The molecule has 0 atom stereocenters. The molecule has 5 rings (SSSR count). The number of carbonyl (C=O) groups excluding carboxylic acids is 1. The van der Waals surface area contributed by atoms with Crippen LogP contribution in [0.5, 0.6) is 5.75 Å². The maximum atomic E-state index is 14.1. The third kappa shape index (κ3) is 6.86. The Morgan fingerprint density at radius 2 is 1.70 bits per heavy atom. The van der Waals surface area contributed by atoms with Crippen LogP contribution in [0.1, 0.15) is 28.0 Å². The van der Waals surface area contributed by atoms with Gasteiger partial charge in [-0.2, -0.15) is 0 Å². The zero-order valence-electron chi connectivity index (χ0n) is 24.4. The number of hydrogen-bond acceptors (Lipinski definition) is 8. The Morgan fingerprint density at radius 3 is 2.35 bits per heavy atom. The van der Waals surface area contributed by atoms with E-state index in [9.17, 15) is 22.4 Å². The summed E-state index contributed by atoms with van der Waals surface area (Å²) >= 11 is 0. The van der Waals surface area contributed by atoms with E-state index in [0.29, 0.717) is 18.8 Å². The number of aromatic nitrogens is 2. The van der Waals surface area contributed by atoms with Gasteiger partial charge < -0.3 is 14.5 Å². The fourth-order valence-corrected chi connectivity index (χ4v) is 5.41. The molecule has 0 amide bonds. The number of aryl methyl sites for hydroxylation is 1. The molecular weight excluding hydrogens is 573 g/mol. The summed E-state index contributed by atoms with van der Waals surface area (Å²) < 4.78 is 47.1. The molecule has 0 N–H and O–H groups in total. The Labute approximate surface area is 250 Å². The molecule has 3 heterocycles. The third-order valence-electron chi connectivity index (χ3n) is 7.60. The quantitative estimate of drug-likeness (QED) is 0.253. The summed E-state index contributed by atoms with van der Waals surface area (Å²) in [5.74, 6) is -1.05. The van der Waals surface area contributed by atoms with Gasteiger partial charge in [0.15, 0.2) is 17.1 Å². The number of halogens is 1. The van der Waals surface area contributed by atoms with Crippen molar-refractivity contribution in [2.75, 3.05) is 55.7 Å². The van der Waals surface area contributed by atoms with Crippen LogP contribution in [-0.4, -0.2) is 75.0 Å². The first-order valence-electron chi connectivity index (χ1n) is 13.9. The molecule has 1 fully saturated rings. The van der Waals surface area contributed by atoms with Gasteiger partial charge in [-0.1, -0.05) is 42.5 Å². The molecule has 2 aromatic carbocycles. The van der Waals surface area contributed by atoms with Gasteiger partial charge in [0.1, 0.15) is 12.4 Å². The highest BCUT2D eigenvalue weighted by molar-refractivity contribution is 7.92. The van der Waals surface area contributed by atoms with Crippen LogP contribution >= 0.6 is 0 Å². The minimum Gasteiger partial charge on any atom is -0.481 e. The SMILES string of the molecule is CN1CCN(c2cc(N(C)S(C)(=O)=O)c3nc(C(=O)CCc4ccc(F)cc4)c(OCc4ccccc4)c(=O)n3c2)CC1. The lowest BCUT2D eigenvalue weighted by molar-refractivity contribution is 0.0972. The number of likely N-dealkylation sites (N-methyl/N-ethyl adjacent to an activating group) is 1. The van der Waals surface area contributed by atoms with Gasteiger partial charge in [0.25, 0.3) is 0 Å². The number of Topliss-reactive ketones (excluding diaryl/α,β-unsaturated/α-hetero) is 1. The lowest BCUT2D eigenvalue weighted by atomic mass is 10.1. The van der Waals surface area contributed by atoms with Crippen molar-refractivity contribution < 1.29 is 22.3 Å². The fourth-order valence-electron chi connectivity index (χ4n) is 4.92. The van der Waals surface area contributed by atoms with Gasteiger partial charge in [-0.05, 0) is 42.8 Å². The molecule has 12 heteroatoms. The van der Waals surface area contributed by atoms with Crippen LogP contribution in [0.4, 0.5) is 15.8 Å². The highest BCUT2D eigenvalue weighted by Gasteiger charge is 2.26. The summed E-state index contributed by atoms with van der Waals surface area (Å²) in [5.41, 5.74) is 1.57. The zero-order valence-corrected chi connectivity index (χ0v) is 25.2. The largest absolute Gasteiger partial charge is 0.481 e. The molecule has 0 aliphatic carbocycles. The molecule has 10 nitrogen and oxygen atoms in total. The first-order valence-corrected chi connectivity index (χ1v) is 15.8. The number of anilines is 2. The lowest BCUT2D eigenvalue weighted by Crippen LogP contribution is -2.44. The summed E-state index contributed by atoms with van der Waals surface area (Å²) in [6, 6.07) is 16.7. The van der Waals surface area contributed by atoms with Crippen molar-refractivity contribution in [2.24, 2.45) is 0 Å². The van der Waals surface area contributed by atoms with Crippen molar-refractivity contribution >= 4 is 32.8 Å². The van der Waals surface area contributed by atoms with E-state index in [1.54, 1.807) is 24.4 Å². The highest BCUT2D eigenvalue weighted by atomic mass is 32.2. The van der Waals surface area contributed by atoms with Crippen LogP contribution in [0.3, 0.4) is 0 Å². The maximum absolute atomic E-state index is 14.1. The number of nitrogens with zero attached hydrogens (tertiary/aromatic N) is 5. The molecule has 2 aromatic heterocycles. The molecule has 1 aliphatic rings. The molecule has 0 saturated carbocycles. The average Bonchev–Trinajstić information content (AvgIpc) is 2.99. The fraction of sp³-hybridized carbons (Fsp3) is 0.323. The number of rotatable bonds is 10. The van der Waals surface area contributed by atoms with Crippen LogP contribution < -0.4 is 19.5 Å². The lowest BCUT2D eigenvalue weighted by Gasteiger charge is -2.34. The Balaban J connectivity index is 1.64. The van der Waals surface area contributed by atoms with E-state index in [4.69, 9.17) is 4.74 Å². The van der Waals surface area contributed by atoms with E-state index in [0.717, 1.165) is 34.8 Å². The Kier molecular flexibility index (Phi) is 8.79. The monoisotopic (exact) mass is 607 g/mol. The predicted octanol–water partition coefficient (Wildman–Crippen LogP) is 3.38. The van der Waals surface area contributed by atoms with E-state index in [-0.39, 0.29) is 48.0 Å². The van der Waals surface area contributed by atoms with Crippen molar-refractivity contribution in [3.05, 3.63) is 99.9 Å².